The topological polar surface area (TPSA) is 63.5 Å². The van der Waals surface area contributed by atoms with Crippen LogP contribution < -0.4 is 4.74 Å². The number of thioether (sulfide) groups is 1. The Balaban J connectivity index is 1.19. The number of amides is 1. The van der Waals surface area contributed by atoms with Crippen LogP contribution in [0, 0.1) is 0 Å². The van der Waals surface area contributed by atoms with E-state index in [-0.39, 0.29) is 5.91 Å². The van der Waals surface area contributed by atoms with E-state index in [1.54, 1.807) is 6.33 Å². The molecule has 2 aromatic carbocycles. The number of hydrogen-bond acceptors (Lipinski definition) is 6. The predicted molar refractivity (Wildman–Crippen MR) is 117 cm³/mol. The number of hydrogen-bond donors (Lipinski definition) is 0. The molecule has 4 rings (SSSR count). The number of carbonyl (C=O) groups is 1. The fourth-order valence-electron chi connectivity index (χ4n) is 3.34. The summed E-state index contributed by atoms with van der Waals surface area (Å²) >= 11 is 1.43. The molecule has 0 radical (unpaired) electrons. The number of piperazine rings is 1. The summed E-state index contributed by atoms with van der Waals surface area (Å²) in [5.41, 5.74) is 0.990. The minimum absolute atomic E-state index is 0.141. The molecule has 1 saturated heterocycles. The summed E-state index contributed by atoms with van der Waals surface area (Å²) in [6, 6.07) is 19.8. The van der Waals surface area contributed by atoms with E-state index < -0.39 is 0 Å². The zero-order valence-corrected chi connectivity index (χ0v) is 17.6. The lowest BCUT2D eigenvalue weighted by molar-refractivity contribution is -0.130. The fraction of sp³-hybridized carbons (Fsp3) is 0.318. The molecule has 1 aliphatic rings. The Kier molecular flexibility index (Phi) is 6.99. The van der Waals surface area contributed by atoms with Gasteiger partial charge in [-0.15, -0.1) is 10.2 Å². The summed E-state index contributed by atoms with van der Waals surface area (Å²) < 4.78 is 7.68. The quantitative estimate of drug-likeness (QED) is 0.519. The molecule has 0 atom stereocenters. The van der Waals surface area contributed by atoms with Crippen molar-refractivity contribution in [3.05, 3.63) is 67.0 Å². The second kappa shape index (κ2) is 10.3. The zero-order valence-electron chi connectivity index (χ0n) is 16.8. The molecule has 0 aliphatic carbocycles. The number of ether oxygens (including phenoxy) is 1. The minimum atomic E-state index is 0.141. The lowest BCUT2D eigenvalue weighted by Gasteiger charge is -2.34. The lowest BCUT2D eigenvalue weighted by Crippen LogP contribution is -2.50. The molecule has 1 aromatic heterocycles. The van der Waals surface area contributed by atoms with Gasteiger partial charge < -0.3 is 9.64 Å². The van der Waals surface area contributed by atoms with Crippen LogP contribution in [0.2, 0.25) is 0 Å². The largest absolute Gasteiger partial charge is 0.492 e. The first-order valence-corrected chi connectivity index (χ1v) is 11.0. The number of aromatic nitrogens is 3. The van der Waals surface area contributed by atoms with Crippen LogP contribution in [0.1, 0.15) is 0 Å². The van der Waals surface area contributed by atoms with Crippen molar-refractivity contribution in [3.63, 3.8) is 0 Å². The van der Waals surface area contributed by atoms with E-state index in [0.717, 1.165) is 49.3 Å². The molecule has 1 fully saturated rings. The molecule has 30 heavy (non-hydrogen) atoms. The highest BCUT2D eigenvalue weighted by Crippen LogP contribution is 2.20. The van der Waals surface area contributed by atoms with Crippen LogP contribution in [0.3, 0.4) is 0 Å². The number of para-hydroxylation sites is 2. The van der Waals surface area contributed by atoms with Crippen LogP contribution >= 0.6 is 11.8 Å². The molecule has 0 unspecified atom stereocenters. The van der Waals surface area contributed by atoms with Crippen molar-refractivity contribution in [2.75, 3.05) is 45.1 Å². The van der Waals surface area contributed by atoms with E-state index in [9.17, 15) is 4.79 Å². The van der Waals surface area contributed by atoms with Gasteiger partial charge in [0.1, 0.15) is 18.7 Å². The summed E-state index contributed by atoms with van der Waals surface area (Å²) in [7, 11) is 0. The predicted octanol–water partition coefficient (Wildman–Crippen LogP) is 2.58. The number of nitrogens with zero attached hydrogens (tertiary/aromatic N) is 5. The third-order valence-electron chi connectivity index (χ3n) is 5.02. The van der Waals surface area contributed by atoms with Gasteiger partial charge in [-0.3, -0.25) is 14.3 Å². The number of carbonyl (C=O) groups excluding carboxylic acids is 1. The first kappa shape index (κ1) is 20.4. The third kappa shape index (κ3) is 5.40. The van der Waals surface area contributed by atoms with Gasteiger partial charge in [0.25, 0.3) is 0 Å². The zero-order chi connectivity index (χ0) is 20.6. The highest BCUT2D eigenvalue weighted by molar-refractivity contribution is 7.99. The Morgan fingerprint density at radius 3 is 2.40 bits per heavy atom. The summed E-state index contributed by atoms with van der Waals surface area (Å²) in [6.45, 7) is 4.75. The van der Waals surface area contributed by atoms with Crippen molar-refractivity contribution in [3.8, 4) is 11.4 Å². The van der Waals surface area contributed by atoms with Crippen LogP contribution in [0.25, 0.3) is 5.69 Å². The summed E-state index contributed by atoms with van der Waals surface area (Å²) in [4.78, 5) is 16.9. The molecule has 1 aliphatic heterocycles. The highest BCUT2D eigenvalue weighted by atomic mass is 32.2. The molecular formula is C22H25N5O2S. The SMILES string of the molecule is O=C(CSc1nncn1-c1ccccc1)N1CCN(CCOc2ccccc2)CC1. The van der Waals surface area contributed by atoms with E-state index in [2.05, 4.69) is 15.1 Å². The van der Waals surface area contributed by atoms with Crippen molar-refractivity contribution in [2.45, 2.75) is 5.16 Å². The number of benzene rings is 2. The van der Waals surface area contributed by atoms with Crippen LogP contribution in [-0.2, 0) is 4.79 Å². The van der Waals surface area contributed by atoms with Crippen LogP contribution in [0.5, 0.6) is 5.75 Å². The standard InChI is InChI=1S/C22H25N5O2S/c28-21(17-30-22-24-23-18-27(22)19-7-3-1-4-8-19)26-13-11-25(12-14-26)15-16-29-20-9-5-2-6-10-20/h1-10,18H,11-17H2. The van der Waals surface area contributed by atoms with Gasteiger partial charge in [0.2, 0.25) is 5.91 Å². The second-order valence-corrected chi connectivity index (χ2v) is 7.93. The van der Waals surface area contributed by atoms with Crippen LogP contribution in [0.4, 0.5) is 0 Å². The molecule has 3 aromatic rings. The van der Waals surface area contributed by atoms with E-state index in [4.69, 9.17) is 4.74 Å². The lowest BCUT2D eigenvalue weighted by atomic mass is 10.3. The fourth-order valence-corrected chi connectivity index (χ4v) is 4.17. The van der Waals surface area contributed by atoms with Gasteiger partial charge in [-0.2, -0.15) is 0 Å². The molecule has 7 nitrogen and oxygen atoms in total. The van der Waals surface area contributed by atoms with Crippen molar-refractivity contribution in [1.82, 2.24) is 24.6 Å². The van der Waals surface area contributed by atoms with E-state index in [0.29, 0.717) is 12.4 Å². The Morgan fingerprint density at radius 1 is 0.967 bits per heavy atom. The molecule has 0 N–H and O–H groups in total. The van der Waals surface area contributed by atoms with Gasteiger partial charge in [-0.25, -0.2) is 0 Å². The minimum Gasteiger partial charge on any atom is -0.492 e. The maximum absolute atomic E-state index is 12.7. The Labute approximate surface area is 180 Å². The van der Waals surface area contributed by atoms with Gasteiger partial charge in [0, 0.05) is 38.4 Å². The maximum atomic E-state index is 12.7. The first-order valence-electron chi connectivity index (χ1n) is 10.1. The molecule has 0 bridgehead atoms. The molecule has 8 heteroatoms. The Hall–Kier alpha value is -2.84. The molecular weight excluding hydrogens is 398 g/mol. The van der Waals surface area contributed by atoms with Gasteiger partial charge in [0.05, 0.1) is 5.75 Å². The maximum Gasteiger partial charge on any atom is 0.233 e. The molecule has 0 spiro atoms. The van der Waals surface area contributed by atoms with Gasteiger partial charge in [-0.05, 0) is 24.3 Å². The monoisotopic (exact) mass is 423 g/mol. The van der Waals surface area contributed by atoms with E-state index in [1.807, 2.05) is 70.1 Å². The van der Waals surface area contributed by atoms with Gasteiger partial charge in [0.15, 0.2) is 5.16 Å². The van der Waals surface area contributed by atoms with Crippen molar-refractivity contribution >= 4 is 17.7 Å². The second-order valence-electron chi connectivity index (χ2n) is 6.99. The van der Waals surface area contributed by atoms with Crippen molar-refractivity contribution < 1.29 is 9.53 Å². The van der Waals surface area contributed by atoms with Crippen LogP contribution in [-0.4, -0.2) is 75.6 Å². The van der Waals surface area contributed by atoms with Crippen molar-refractivity contribution in [1.29, 1.82) is 0 Å². The summed E-state index contributed by atoms with van der Waals surface area (Å²) in [5.74, 6) is 1.40. The first-order chi connectivity index (χ1) is 14.8. The molecule has 0 saturated carbocycles. The van der Waals surface area contributed by atoms with E-state index >= 15 is 0 Å². The van der Waals surface area contributed by atoms with Gasteiger partial charge >= 0.3 is 0 Å². The Morgan fingerprint density at radius 2 is 1.67 bits per heavy atom. The average molecular weight is 424 g/mol. The summed E-state index contributed by atoms with van der Waals surface area (Å²) in [6.07, 6.45) is 1.68. The molecule has 2 heterocycles. The van der Waals surface area contributed by atoms with Gasteiger partial charge in [-0.1, -0.05) is 48.2 Å². The average Bonchev–Trinajstić information content (AvgIpc) is 3.28. The molecule has 1 amide bonds. The normalized spacial score (nSPS) is 14.6. The van der Waals surface area contributed by atoms with Crippen LogP contribution in [0.15, 0.2) is 72.1 Å². The summed E-state index contributed by atoms with van der Waals surface area (Å²) in [5, 5.41) is 8.89. The third-order valence-corrected chi connectivity index (χ3v) is 5.95. The highest BCUT2D eigenvalue weighted by Gasteiger charge is 2.21. The van der Waals surface area contributed by atoms with E-state index in [1.165, 1.54) is 11.8 Å². The Bertz CT molecular complexity index is 927. The van der Waals surface area contributed by atoms with Crippen molar-refractivity contribution in [2.24, 2.45) is 0 Å². The number of rotatable bonds is 8. The molecule has 156 valence electrons. The smallest absolute Gasteiger partial charge is 0.233 e.